The van der Waals surface area contributed by atoms with Gasteiger partial charge < -0.3 is 4.90 Å². The van der Waals surface area contributed by atoms with Crippen LogP contribution >= 0.6 is 11.8 Å². The van der Waals surface area contributed by atoms with E-state index >= 15 is 0 Å². The fourth-order valence-electron chi connectivity index (χ4n) is 3.12. The molecule has 0 spiro atoms. The van der Waals surface area contributed by atoms with Crippen molar-refractivity contribution < 1.29 is 4.79 Å². The molecule has 0 fully saturated rings. The Bertz CT molecular complexity index is 749. The molecule has 2 aromatic rings. The van der Waals surface area contributed by atoms with Gasteiger partial charge in [0.25, 0.3) is 0 Å². The van der Waals surface area contributed by atoms with Gasteiger partial charge in [-0.05, 0) is 23.8 Å². The number of carbonyl (C=O) groups excluding carboxylic acids is 1. The zero-order valence-electron chi connectivity index (χ0n) is 13.7. The highest BCUT2D eigenvalue weighted by molar-refractivity contribution is 8.00. The first kappa shape index (κ1) is 15.9. The van der Waals surface area contributed by atoms with Crippen LogP contribution in [0.15, 0.2) is 71.3 Å². The van der Waals surface area contributed by atoms with E-state index in [1.165, 1.54) is 11.3 Å². The first-order chi connectivity index (χ1) is 11.0. The molecular weight excluding hydrogens is 302 g/mol. The lowest BCUT2D eigenvalue weighted by atomic mass is 9.83. The Labute approximate surface area is 142 Å². The molecule has 23 heavy (non-hydrogen) atoms. The lowest BCUT2D eigenvalue weighted by Gasteiger charge is -2.23. The monoisotopic (exact) mass is 323 g/mol. The molecule has 2 nitrogen and oxygen atoms in total. The summed E-state index contributed by atoms with van der Waals surface area (Å²) in [5, 5.41) is 0. The number of hydrogen-bond acceptors (Lipinski definition) is 3. The van der Waals surface area contributed by atoms with E-state index in [4.69, 9.17) is 0 Å². The standard InChI is InChI=1S/C20H21NOS/c1-20(2)17-11-7-8-12-18(17)21(3)19(20)13-15(22)14-23-16-9-5-4-6-10-16/h4-13H,14H2,1-3H3. The second-order valence-corrected chi connectivity index (χ2v) is 7.35. The van der Waals surface area contributed by atoms with Gasteiger partial charge in [0.05, 0.1) is 5.75 Å². The Balaban J connectivity index is 1.78. The van der Waals surface area contributed by atoms with Crippen LogP contribution in [-0.2, 0) is 10.2 Å². The lowest BCUT2D eigenvalue weighted by molar-refractivity contribution is -0.112. The second-order valence-electron chi connectivity index (χ2n) is 6.30. The molecule has 3 rings (SSSR count). The Morgan fingerprint density at radius 1 is 1.09 bits per heavy atom. The van der Waals surface area contributed by atoms with Crippen molar-refractivity contribution in [2.24, 2.45) is 0 Å². The van der Waals surface area contributed by atoms with Crippen LogP contribution in [0.2, 0.25) is 0 Å². The first-order valence-electron chi connectivity index (χ1n) is 7.76. The highest BCUT2D eigenvalue weighted by atomic mass is 32.2. The van der Waals surface area contributed by atoms with E-state index < -0.39 is 0 Å². The van der Waals surface area contributed by atoms with Crippen LogP contribution in [0, 0.1) is 0 Å². The average molecular weight is 323 g/mol. The van der Waals surface area contributed by atoms with Crippen LogP contribution in [0.3, 0.4) is 0 Å². The van der Waals surface area contributed by atoms with E-state index in [-0.39, 0.29) is 11.2 Å². The van der Waals surface area contributed by atoms with Crippen LogP contribution in [0.25, 0.3) is 0 Å². The molecule has 2 aromatic carbocycles. The predicted octanol–water partition coefficient (Wildman–Crippen LogP) is 4.66. The highest BCUT2D eigenvalue weighted by Crippen LogP contribution is 2.46. The van der Waals surface area contributed by atoms with Crippen molar-refractivity contribution >= 4 is 23.2 Å². The number of carbonyl (C=O) groups is 1. The van der Waals surface area contributed by atoms with Gasteiger partial charge in [0.2, 0.25) is 0 Å². The smallest absolute Gasteiger partial charge is 0.167 e. The zero-order valence-corrected chi connectivity index (χ0v) is 14.6. The molecule has 0 radical (unpaired) electrons. The summed E-state index contributed by atoms with van der Waals surface area (Å²) in [6.45, 7) is 4.36. The summed E-state index contributed by atoms with van der Waals surface area (Å²) in [4.78, 5) is 15.7. The van der Waals surface area contributed by atoms with Gasteiger partial charge in [-0.3, -0.25) is 4.79 Å². The fourth-order valence-corrected chi connectivity index (χ4v) is 3.87. The molecule has 0 amide bonds. The van der Waals surface area contributed by atoms with Crippen molar-refractivity contribution in [3.8, 4) is 0 Å². The molecule has 1 heterocycles. The maximum atomic E-state index is 12.4. The van der Waals surface area contributed by atoms with Crippen LogP contribution in [0.1, 0.15) is 19.4 Å². The van der Waals surface area contributed by atoms with Crippen molar-refractivity contribution in [2.45, 2.75) is 24.2 Å². The number of ketones is 1. The molecule has 0 N–H and O–H groups in total. The number of fused-ring (bicyclic) bond motifs is 1. The number of nitrogens with zero attached hydrogens (tertiary/aromatic N) is 1. The Hall–Kier alpha value is -2.00. The predicted molar refractivity (Wildman–Crippen MR) is 98.1 cm³/mol. The SMILES string of the molecule is CN1C(=CC(=O)CSc2ccccc2)C(C)(C)c2ccccc21. The number of hydrogen-bond donors (Lipinski definition) is 0. The molecule has 3 heteroatoms. The number of thioether (sulfide) groups is 1. The number of anilines is 1. The minimum absolute atomic E-state index is 0.140. The maximum absolute atomic E-state index is 12.4. The van der Waals surface area contributed by atoms with Gasteiger partial charge in [-0.2, -0.15) is 0 Å². The van der Waals surface area contributed by atoms with Gasteiger partial charge in [-0.1, -0.05) is 50.2 Å². The van der Waals surface area contributed by atoms with Crippen molar-refractivity contribution in [2.75, 3.05) is 17.7 Å². The van der Waals surface area contributed by atoms with Gasteiger partial charge in [0.1, 0.15) is 0 Å². The van der Waals surface area contributed by atoms with Gasteiger partial charge in [0.15, 0.2) is 5.78 Å². The van der Waals surface area contributed by atoms with Crippen LogP contribution in [0.4, 0.5) is 5.69 Å². The zero-order chi connectivity index (χ0) is 16.4. The Morgan fingerprint density at radius 2 is 1.74 bits per heavy atom. The van der Waals surface area contributed by atoms with E-state index in [1.807, 2.05) is 49.5 Å². The van der Waals surface area contributed by atoms with Gasteiger partial charge in [-0.15, -0.1) is 11.8 Å². The molecule has 0 unspecified atom stereocenters. The number of allylic oxidation sites excluding steroid dienone is 2. The molecule has 0 saturated heterocycles. The minimum Gasteiger partial charge on any atom is -0.347 e. The molecule has 118 valence electrons. The van der Waals surface area contributed by atoms with Crippen molar-refractivity contribution in [1.82, 2.24) is 0 Å². The summed E-state index contributed by atoms with van der Waals surface area (Å²) >= 11 is 1.58. The molecule has 1 aliphatic rings. The highest BCUT2D eigenvalue weighted by Gasteiger charge is 2.38. The largest absolute Gasteiger partial charge is 0.347 e. The molecule has 0 aromatic heterocycles. The van der Waals surface area contributed by atoms with E-state index in [0.29, 0.717) is 5.75 Å². The number of para-hydroxylation sites is 1. The summed E-state index contributed by atoms with van der Waals surface area (Å²) in [7, 11) is 2.04. The topological polar surface area (TPSA) is 20.3 Å². The van der Waals surface area contributed by atoms with Crippen molar-refractivity contribution in [1.29, 1.82) is 0 Å². The molecule has 1 aliphatic heterocycles. The third-order valence-corrected chi connectivity index (χ3v) is 5.40. The Morgan fingerprint density at radius 3 is 2.43 bits per heavy atom. The fraction of sp³-hybridized carbons (Fsp3) is 0.250. The number of benzene rings is 2. The van der Waals surface area contributed by atoms with E-state index in [2.05, 4.69) is 36.9 Å². The normalized spacial score (nSPS) is 17.3. The lowest BCUT2D eigenvalue weighted by Crippen LogP contribution is -2.24. The Kier molecular flexibility index (Phi) is 4.31. The number of rotatable bonds is 4. The van der Waals surface area contributed by atoms with Crippen LogP contribution in [0.5, 0.6) is 0 Å². The van der Waals surface area contributed by atoms with Gasteiger partial charge >= 0.3 is 0 Å². The average Bonchev–Trinajstić information content (AvgIpc) is 2.75. The molecular formula is C20H21NOS. The second kappa shape index (κ2) is 6.25. The molecule has 0 saturated carbocycles. The summed E-state index contributed by atoms with van der Waals surface area (Å²) in [5.74, 6) is 0.620. The van der Waals surface area contributed by atoms with Crippen LogP contribution in [-0.4, -0.2) is 18.6 Å². The molecule has 0 bridgehead atoms. The number of likely N-dealkylation sites (N-methyl/N-ethyl adjacent to an activating group) is 1. The van der Waals surface area contributed by atoms with E-state index in [9.17, 15) is 4.79 Å². The minimum atomic E-state index is -0.140. The van der Waals surface area contributed by atoms with Crippen molar-refractivity contribution in [3.05, 3.63) is 71.9 Å². The quantitative estimate of drug-likeness (QED) is 0.603. The summed E-state index contributed by atoms with van der Waals surface area (Å²) in [6, 6.07) is 18.4. The summed E-state index contributed by atoms with van der Waals surface area (Å²) in [5.41, 5.74) is 3.39. The maximum Gasteiger partial charge on any atom is 0.167 e. The summed E-state index contributed by atoms with van der Waals surface area (Å²) < 4.78 is 0. The van der Waals surface area contributed by atoms with E-state index in [0.717, 1.165) is 10.6 Å². The van der Waals surface area contributed by atoms with Crippen molar-refractivity contribution in [3.63, 3.8) is 0 Å². The summed E-state index contributed by atoms with van der Waals surface area (Å²) in [6.07, 6.45) is 1.82. The molecule has 0 aliphatic carbocycles. The third kappa shape index (κ3) is 3.06. The van der Waals surface area contributed by atoms with E-state index in [1.54, 1.807) is 11.8 Å². The third-order valence-electron chi connectivity index (χ3n) is 4.36. The van der Waals surface area contributed by atoms with Gasteiger partial charge in [0, 0.05) is 34.8 Å². The first-order valence-corrected chi connectivity index (χ1v) is 8.75. The van der Waals surface area contributed by atoms with Crippen LogP contribution < -0.4 is 4.90 Å². The van der Waals surface area contributed by atoms with Gasteiger partial charge in [-0.25, -0.2) is 0 Å². The molecule has 0 atom stereocenters.